The third kappa shape index (κ3) is 3.90. The molecular formula is C17H19N5O2. The Morgan fingerprint density at radius 3 is 3.04 bits per heavy atom. The van der Waals surface area contributed by atoms with E-state index in [1.165, 1.54) is 6.33 Å². The van der Waals surface area contributed by atoms with Gasteiger partial charge in [-0.1, -0.05) is 0 Å². The fourth-order valence-electron chi connectivity index (χ4n) is 2.78. The minimum Gasteiger partial charge on any atom is -0.481 e. The van der Waals surface area contributed by atoms with Crippen molar-refractivity contribution in [3.8, 4) is 17.8 Å². The van der Waals surface area contributed by atoms with Crippen molar-refractivity contribution in [3.05, 3.63) is 36.3 Å². The van der Waals surface area contributed by atoms with E-state index in [1.54, 1.807) is 25.4 Å². The Kier molecular flexibility index (Phi) is 5.06. The third-order valence-electron chi connectivity index (χ3n) is 4.01. The summed E-state index contributed by atoms with van der Waals surface area (Å²) >= 11 is 0. The molecule has 0 saturated carbocycles. The predicted octanol–water partition coefficient (Wildman–Crippen LogP) is 2.05. The number of hydrogen-bond acceptors (Lipinski definition) is 7. The molecule has 1 saturated heterocycles. The lowest BCUT2D eigenvalue weighted by Gasteiger charge is -2.33. The first-order valence-electron chi connectivity index (χ1n) is 7.88. The summed E-state index contributed by atoms with van der Waals surface area (Å²) in [5, 5.41) is 8.92. The number of methoxy groups -OCH3 is 1. The molecule has 124 valence electrons. The van der Waals surface area contributed by atoms with Crippen LogP contribution in [0.2, 0.25) is 0 Å². The number of ether oxygens (including phenoxy) is 2. The number of nitriles is 1. The van der Waals surface area contributed by atoms with Crippen LogP contribution in [0.5, 0.6) is 11.8 Å². The van der Waals surface area contributed by atoms with Crippen molar-refractivity contribution in [2.75, 3.05) is 31.7 Å². The third-order valence-corrected chi connectivity index (χ3v) is 4.01. The second kappa shape index (κ2) is 7.59. The van der Waals surface area contributed by atoms with Crippen LogP contribution in [0.15, 0.2) is 30.7 Å². The van der Waals surface area contributed by atoms with Crippen molar-refractivity contribution in [2.24, 2.45) is 5.92 Å². The average molecular weight is 325 g/mol. The summed E-state index contributed by atoms with van der Waals surface area (Å²) in [6.45, 7) is 2.39. The summed E-state index contributed by atoms with van der Waals surface area (Å²) in [5.41, 5.74) is 0.554. The first-order chi connectivity index (χ1) is 11.8. The lowest BCUT2D eigenvalue weighted by Crippen LogP contribution is -2.38. The molecule has 24 heavy (non-hydrogen) atoms. The molecule has 0 spiro atoms. The SMILES string of the molecule is COc1cc(N2CCCC(COc3cc(C#N)ccn3)C2)ncn1. The second-order valence-electron chi connectivity index (χ2n) is 5.68. The minimum atomic E-state index is 0.382. The van der Waals surface area contributed by atoms with Crippen LogP contribution in [0.4, 0.5) is 5.82 Å². The van der Waals surface area contributed by atoms with Gasteiger partial charge in [-0.3, -0.25) is 0 Å². The molecule has 7 nitrogen and oxygen atoms in total. The van der Waals surface area contributed by atoms with Crippen molar-refractivity contribution >= 4 is 5.82 Å². The lowest BCUT2D eigenvalue weighted by molar-refractivity contribution is 0.221. The van der Waals surface area contributed by atoms with Crippen molar-refractivity contribution < 1.29 is 9.47 Å². The van der Waals surface area contributed by atoms with Gasteiger partial charge in [-0.15, -0.1) is 0 Å². The van der Waals surface area contributed by atoms with Crippen LogP contribution >= 0.6 is 0 Å². The molecule has 3 rings (SSSR count). The Morgan fingerprint density at radius 1 is 1.29 bits per heavy atom. The first-order valence-corrected chi connectivity index (χ1v) is 7.88. The molecule has 1 aliphatic rings. The number of hydrogen-bond donors (Lipinski definition) is 0. The zero-order valence-corrected chi connectivity index (χ0v) is 13.6. The zero-order valence-electron chi connectivity index (χ0n) is 13.6. The number of nitrogens with zero attached hydrogens (tertiary/aromatic N) is 5. The van der Waals surface area contributed by atoms with Crippen LogP contribution in [0, 0.1) is 17.2 Å². The normalized spacial score (nSPS) is 17.2. The molecule has 0 radical (unpaired) electrons. The van der Waals surface area contributed by atoms with Gasteiger partial charge in [-0.05, 0) is 18.9 Å². The van der Waals surface area contributed by atoms with E-state index < -0.39 is 0 Å². The Hall–Kier alpha value is -2.88. The van der Waals surface area contributed by atoms with Gasteiger partial charge in [0.25, 0.3) is 0 Å². The van der Waals surface area contributed by atoms with E-state index in [9.17, 15) is 0 Å². The van der Waals surface area contributed by atoms with Gasteiger partial charge in [0.15, 0.2) is 0 Å². The van der Waals surface area contributed by atoms with Gasteiger partial charge in [-0.2, -0.15) is 5.26 Å². The Morgan fingerprint density at radius 2 is 2.21 bits per heavy atom. The van der Waals surface area contributed by atoms with E-state index in [1.807, 2.05) is 6.07 Å². The minimum absolute atomic E-state index is 0.382. The van der Waals surface area contributed by atoms with E-state index >= 15 is 0 Å². The summed E-state index contributed by atoms with van der Waals surface area (Å²) in [7, 11) is 1.60. The molecule has 2 aromatic heterocycles. The summed E-state index contributed by atoms with van der Waals surface area (Å²) in [6.07, 6.45) is 5.28. The predicted molar refractivity (Wildman–Crippen MR) is 88.0 cm³/mol. The van der Waals surface area contributed by atoms with E-state index in [0.717, 1.165) is 31.7 Å². The van der Waals surface area contributed by atoms with Crippen molar-refractivity contribution in [1.29, 1.82) is 5.26 Å². The summed E-state index contributed by atoms with van der Waals surface area (Å²) in [6, 6.07) is 7.27. The molecule has 1 atom stereocenters. The Labute approximate surface area is 140 Å². The van der Waals surface area contributed by atoms with Gasteiger partial charge < -0.3 is 14.4 Å². The van der Waals surface area contributed by atoms with Gasteiger partial charge >= 0.3 is 0 Å². The highest BCUT2D eigenvalue weighted by Gasteiger charge is 2.22. The van der Waals surface area contributed by atoms with Crippen LogP contribution in [0.3, 0.4) is 0 Å². The molecule has 0 bridgehead atoms. The van der Waals surface area contributed by atoms with Crippen LogP contribution < -0.4 is 14.4 Å². The molecular weight excluding hydrogens is 306 g/mol. The highest BCUT2D eigenvalue weighted by atomic mass is 16.5. The molecule has 3 heterocycles. The number of rotatable bonds is 5. The average Bonchev–Trinajstić information content (AvgIpc) is 2.67. The van der Waals surface area contributed by atoms with Crippen molar-refractivity contribution in [1.82, 2.24) is 15.0 Å². The van der Waals surface area contributed by atoms with E-state index in [4.69, 9.17) is 14.7 Å². The highest BCUT2D eigenvalue weighted by Crippen LogP contribution is 2.24. The largest absolute Gasteiger partial charge is 0.481 e. The quantitative estimate of drug-likeness (QED) is 0.831. The highest BCUT2D eigenvalue weighted by molar-refractivity contribution is 5.41. The van der Waals surface area contributed by atoms with E-state index in [0.29, 0.717) is 29.8 Å². The van der Waals surface area contributed by atoms with Crippen LogP contribution in [-0.2, 0) is 0 Å². The summed E-state index contributed by atoms with van der Waals surface area (Å²) in [4.78, 5) is 14.7. The number of pyridine rings is 1. The monoisotopic (exact) mass is 325 g/mol. The van der Waals surface area contributed by atoms with Crippen LogP contribution in [-0.4, -0.2) is 41.8 Å². The van der Waals surface area contributed by atoms with Crippen molar-refractivity contribution in [3.63, 3.8) is 0 Å². The standard InChI is InChI=1S/C17H19N5O2/c1-23-16-8-15(20-12-21-16)22-6-2-3-14(10-22)11-24-17-7-13(9-18)4-5-19-17/h4-5,7-8,12,14H,2-3,6,10-11H2,1H3. The van der Waals surface area contributed by atoms with Crippen LogP contribution in [0.25, 0.3) is 0 Å². The zero-order chi connectivity index (χ0) is 16.8. The lowest BCUT2D eigenvalue weighted by atomic mass is 9.99. The number of anilines is 1. The van der Waals surface area contributed by atoms with Gasteiger partial charge in [0.1, 0.15) is 12.1 Å². The molecule has 2 aromatic rings. The molecule has 1 fully saturated rings. The first kappa shape index (κ1) is 16.0. The smallest absolute Gasteiger partial charge is 0.218 e. The van der Waals surface area contributed by atoms with Gasteiger partial charge in [0, 0.05) is 37.3 Å². The molecule has 0 aliphatic carbocycles. The molecule has 7 heteroatoms. The van der Waals surface area contributed by atoms with E-state index in [-0.39, 0.29) is 0 Å². The number of piperidine rings is 1. The fraction of sp³-hybridized carbons (Fsp3) is 0.412. The summed E-state index contributed by atoms with van der Waals surface area (Å²) in [5.74, 6) is 2.31. The maximum Gasteiger partial charge on any atom is 0.218 e. The maximum absolute atomic E-state index is 8.92. The molecule has 0 amide bonds. The Balaban J connectivity index is 1.60. The van der Waals surface area contributed by atoms with Gasteiger partial charge in [-0.25, -0.2) is 15.0 Å². The maximum atomic E-state index is 8.92. The van der Waals surface area contributed by atoms with Crippen molar-refractivity contribution in [2.45, 2.75) is 12.8 Å². The van der Waals surface area contributed by atoms with Gasteiger partial charge in [0.05, 0.1) is 25.3 Å². The summed E-state index contributed by atoms with van der Waals surface area (Å²) < 4.78 is 10.9. The molecule has 1 aliphatic heterocycles. The number of aromatic nitrogens is 3. The fourth-order valence-corrected chi connectivity index (χ4v) is 2.78. The molecule has 0 N–H and O–H groups in total. The topological polar surface area (TPSA) is 84.2 Å². The van der Waals surface area contributed by atoms with Gasteiger partial charge in [0.2, 0.25) is 11.8 Å². The van der Waals surface area contributed by atoms with E-state index in [2.05, 4.69) is 25.9 Å². The second-order valence-corrected chi connectivity index (χ2v) is 5.68. The van der Waals surface area contributed by atoms with Crippen LogP contribution in [0.1, 0.15) is 18.4 Å². The molecule has 0 aromatic carbocycles. The Bertz CT molecular complexity index is 731. The molecule has 1 unspecified atom stereocenters.